The van der Waals surface area contributed by atoms with E-state index in [1.807, 2.05) is 13.8 Å². The molecule has 5 N–H and O–H groups in total. The Balaban J connectivity index is 0. The number of halogens is 2. The second-order valence-electron chi connectivity index (χ2n) is 5.38. The summed E-state index contributed by atoms with van der Waals surface area (Å²) in [4.78, 5) is 38.7. The lowest BCUT2D eigenvalue weighted by atomic mass is 10.1. The van der Waals surface area contributed by atoms with Crippen LogP contribution >= 0.6 is 24.8 Å². The Bertz CT molecular complexity index is 543. The number of rotatable bonds is 8. The van der Waals surface area contributed by atoms with Crippen molar-refractivity contribution in [1.82, 2.24) is 15.6 Å². The quantitative estimate of drug-likeness (QED) is 0.510. The third-order valence-electron chi connectivity index (χ3n) is 3.06. The molecule has 25 heavy (non-hydrogen) atoms. The summed E-state index contributed by atoms with van der Waals surface area (Å²) in [6.07, 6.45) is 3.26. The lowest BCUT2D eigenvalue weighted by Crippen LogP contribution is -2.47. The first-order valence-corrected chi connectivity index (χ1v) is 7.40. The van der Waals surface area contributed by atoms with Crippen LogP contribution in [0.1, 0.15) is 20.3 Å². The Morgan fingerprint density at radius 3 is 2.40 bits per heavy atom. The zero-order chi connectivity index (χ0) is 17.2. The summed E-state index contributed by atoms with van der Waals surface area (Å²) in [7, 11) is 0. The molecule has 10 heteroatoms. The van der Waals surface area contributed by atoms with E-state index in [4.69, 9.17) is 5.73 Å². The van der Waals surface area contributed by atoms with Crippen LogP contribution in [-0.2, 0) is 14.4 Å². The number of amides is 3. The van der Waals surface area contributed by atoms with E-state index in [1.165, 1.54) is 6.20 Å². The highest BCUT2D eigenvalue weighted by Gasteiger charge is 2.17. The van der Waals surface area contributed by atoms with Crippen molar-refractivity contribution in [2.75, 3.05) is 18.4 Å². The monoisotopic (exact) mass is 393 g/mol. The predicted octanol–water partition coefficient (Wildman–Crippen LogP) is 0.469. The second-order valence-corrected chi connectivity index (χ2v) is 5.38. The minimum Gasteiger partial charge on any atom is -0.354 e. The van der Waals surface area contributed by atoms with Crippen LogP contribution in [0.25, 0.3) is 0 Å². The highest BCUT2D eigenvalue weighted by molar-refractivity contribution is 5.91. The van der Waals surface area contributed by atoms with Crippen LogP contribution in [0, 0.1) is 5.92 Å². The molecule has 0 spiro atoms. The standard InChI is InChI=1S/C15H23N5O3.2ClH/c1-10(2)14(16)15(23)19-9-13(22)18-7-5-12(21)20-11-4-3-6-17-8-11;;/h3-4,6,8,10,14H,5,7,9,16H2,1-2H3,(H,18,22)(H,19,23)(H,20,21);2*1H/t14-;;/m0../s1. The van der Waals surface area contributed by atoms with Gasteiger partial charge in [0.25, 0.3) is 0 Å². The summed E-state index contributed by atoms with van der Waals surface area (Å²) in [5.74, 6) is -0.980. The fraction of sp³-hybridized carbons (Fsp3) is 0.467. The van der Waals surface area contributed by atoms with Crippen molar-refractivity contribution < 1.29 is 14.4 Å². The van der Waals surface area contributed by atoms with E-state index in [9.17, 15) is 14.4 Å². The maximum absolute atomic E-state index is 11.6. The van der Waals surface area contributed by atoms with Crippen LogP contribution in [0.3, 0.4) is 0 Å². The molecule has 0 saturated carbocycles. The van der Waals surface area contributed by atoms with Crippen LogP contribution in [0.2, 0.25) is 0 Å². The van der Waals surface area contributed by atoms with Gasteiger partial charge in [-0.3, -0.25) is 19.4 Å². The molecule has 0 fully saturated rings. The van der Waals surface area contributed by atoms with E-state index < -0.39 is 6.04 Å². The smallest absolute Gasteiger partial charge is 0.239 e. The molecule has 3 amide bonds. The van der Waals surface area contributed by atoms with Crippen LogP contribution in [-0.4, -0.2) is 41.8 Å². The molecule has 0 aliphatic heterocycles. The zero-order valence-corrected chi connectivity index (χ0v) is 15.8. The number of anilines is 1. The molecule has 8 nitrogen and oxygen atoms in total. The van der Waals surface area contributed by atoms with Gasteiger partial charge in [0.05, 0.1) is 24.5 Å². The van der Waals surface area contributed by atoms with Crippen molar-refractivity contribution in [3.05, 3.63) is 24.5 Å². The van der Waals surface area contributed by atoms with Gasteiger partial charge < -0.3 is 21.7 Å². The van der Waals surface area contributed by atoms with E-state index in [0.717, 1.165) is 0 Å². The lowest BCUT2D eigenvalue weighted by Gasteiger charge is -2.15. The third-order valence-corrected chi connectivity index (χ3v) is 3.06. The minimum atomic E-state index is -0.645. The number of pyridine rings is 1. The number of nitrogens with two attached hydrogens (primary N) is 1. The number of hydrogen-bond donors (Lipinski definition) is 4. The Labute approximate surface area is 159 Å². The van der Waals surface area contributed by atoms with Crippen LogP contribution in [0.4, 0.5) is 5.69 Å². The number of hydrogen-bond acceptors (Lipinski definition) is 5. The van der Waals surface area contributed by atoms with Crippen molar-refractivity contribution in [3.8, 4) is 0 Å². The summed E-state index contributed by atoms with van der Waals surface area (Å²) in [5.41, 5.74) is 6.25. The predicted molar refractivity (Wildman–Crippen MR) is 101 cm³/mol. The van der Waals surface area contributed by atoms with Gasteiger partial charge in [-0.15, -0.1) is 24.8 Å². The van der Waals surface area contributed by atoms with Crippen molar-refractivity contribution in [2.24, 2.45) is 11.7 Å². The summed E-state index contributed by atoms with van der Waals surface area (Å²) >= 11 is 0. The van der Waals surface area contributed by atoms with Gasteiger partial charge in [0.2, 0.25) is 17.7 Å². The topological polar surface area (TPSA) is 126 Å². The summed E-state index contributed by atoms with van der Waals surface area (Å²) in [5, 5.41) is 7.66. The first-order chi connectivity index (χ1) is 10.9. The largest absolute Gasteiger partial charge is 0.354 e. The molecule has 1 atom stereocenters. The normalized spacial score (nSPS) is 10.7. The van der Waals surface area contributed by atoms with E-state index in [1.54, 1.807) is 18.3 Å². The molecule has 0 saturated heterocycles. The fourth-order valence-corrected chi connectivity index (χ4v) is 1.63. The molecule has 0 aliphatic rings. The molecule has 0 aliphatic carbocycles. The molecular weight excluding hydrogens is 369 g/mol. The molecule has 1 rings (SSSR count). The summed E-state index contributed by atoms with van der Waals surface area (Å²) < 4.78 is 0. The Morgan fingerprint density at radius 2 is 1.84 bits per heavy atom. The zero-order valence-electron chi connectivity index (χ0n) is 14.2. The highest BCUT2D eigenvalue weighted by Crippen LogP contribution is 2.02. The van der Waals surface area contributed by atoms with Crippen LogP contribution < -0.4 is 21.7 Å². The number of carbonyl (C=O) groups is 3. The molecule has 1 heterocycles. The molecule has 1 aromatic heterocycles. The van der Waals surface area contributed by atoms with Gasteiger partial charge in [-0.2, -0.15) is 0 Å². The first-order valence-electron chi connectivity index (χ1n) is 7.40. The maximum Gasteiger partial charge on any atom is 0.239 e. The molecule has 0 bridgehead atoms. The Hall–Kier alpha value is -1.90. The SMILES string of the molecule is CC(C)[C@H](N)C(=O)NCC(=O)NCCC(=O)Nc1cccnc1.Cl.Cl. The molecule has 0 radical (unpaired) electrons. The second kappa shape index (κ2) is 13.4. The number of nitrogens with zero attached hydrogens (tertiary/aromatic N) is 1. The Morgan fingerprint density at radius 1 is 1.16 bits per heavy atom. The lowest BCUT2D eigenvalue weighted by molar-refractivity contribution is -0.127. The van der Waals surface area contributed by atoms with Gasteiger partial charge in [-0.05, 0) is 18.1 Å². The highest BCUT2D eigenvalue weighted by atomic mass is 35.5. The van der Waals surface area contributed by atoms with Gasteiger partial charge >= 0.3 is 0 Å². The fourth-order valence-electron chi connectivity index (χ4n) is 1.63. The number of nitrogens with one attached hydrogen (secondary N) is 3. The van der Waals surface area contributed by atoms with Crippen molar-refractivity contribution in [2.45, 2.75) is 26.3 Å². The van der Waals surface area contributed by atoms with Crippen molar-refractivity contribution in [3.63, 3.8) is 0 Å². The van der Waals surface area contributed by atoms with Gasteiger partial charge in [0.15, 0.2) is 0 Å². The third kappa shape index (κ3) is 10.5. The molecule has 0 unspecified atom stereocenters. The van der Waals surface area contributed by atoms with Crippen molar-refractivity contribution >= 4 is 48.2 Å². The van der Waals surface area contributed by atoms with Crippen LogP contribution in [0.15, 0.2) is 24.5 Å². The summed E-state index contributed by atoms with van der Waals surface area (Å²) in [6, 6.07) is 2.78. The molecular formula is C15H25Cl2N5O3. The van der Waals surface area contributed by atoms with Crippen LogP contribution in [0.5, 0.6) is 0 Å². The number of carbonyl (C=O) groups excluding carboxylic acids is 3. The van der Waals surface area contributed by atoms with E-state index in [0.29, 0.717) is 5.69 Å². The van der Waals surface area contributed by atoms with Gasteiger partial charge in [-0.1, -0.05) is 13.8 Å². The van der Waals surface area contributed by atoms with Gasteiger partial charge in [-0.25, -0.2) is 0 Å². The van der Waals surface area contributed by atoms with Gasteiger partial charge in [0, 0.05) is 19.2 Å². The van der Waals surface area contributed by atoms with E-state index in [2.05, 4.69) is 20.9 Å². The van der Waals surface area contributed by atoms with Gasteiger partial charge in [0.1, 0.15) is 0 Å². The van der Waals surface area contributed by atoms with E-state index >= 15 is 0 Å². The average Bonchev–Trinajstić information content (AvgIpc) is 2.52. The number of aromatic nitrogens is 1. The molecule has 0 aromatic carbocycles. The summed E-state index contributed by atoms with van der Waals surface area (Å²) in [6.45, 7) is 3.66. The maximum atomic E-state index is 11.6. The van der Waals surface area contributed by atoms with Crippen molar-refractivity contribution in [1.29, 1.82) is 0 Å². The average molecular weight is 394 g/mol. The first kappa shape index (κ1) is 25.3. The van der Waals surface area contributed by atoms with E-state index in [-0.39, 0.29) is 68.0 Å². The minimum absolute atomic E-state index is 0. The molecule has 142 valence electrons. The Kier molecular flexibility index (Phi) is 13.6. The molecule has 1 aromatic rings.